The zero-order valence-corrected chi connectivity index (χ0v) is 15.9. The van der Waals surface area contributed by atoms with Gasteiger partial charge in [-0.15, -0.1) is 0 Å². The minimum atomic E-state index is -0.340. The Bertz CT molecular complexity index is 431. The largest absolute Gasteiger partial charge is 0.462 e. The number of carbonyl (C=O) groups excluding carboxylic acids is 2. The van der Waals surface area contributed by atoms with E-state index in [2.05, 4.69) is 13.8 Å². The van der Waals surface area contributed by atoms with Gasteiger partial charge in [0.15, 0.2) is 0 Å². The molecule has 0 aliphatic heterocycles. The van der Waals surface area contributed by atoms with E-state index < -0.39 is 0 Å². The molecule has 138 valence electrons. The molecule has 0 amide bonds. The Labute approximate surface area is 147 Å². The first kappa shape index (κ1) is 20.7. The second-order valence-electron chi connectivity index (χ2n) is 6.94. The molecule has 0 saturated heterocycles. The molecule has 0 atom stereocenters. The third kappa shape index (κ3) is 6.29. The van der Waals surface area contributed by atoms with Gasteiger partial charge in [0.05, 0.1) is 24.4 Å². The number of esters is 2. The van der Waals surface area contributed by atoms with Crippen LogP contribution in [0.5, 0.6) is 0 Å². The second kappa shape index (κ2) is 11.3. The quantitative estimate of drug-likeness (QED) is 0.326. The van der Waals surface area contributed by atoms with Crippen LogP contribution >= 0.6 is 0 Å². The van der Waals surface area contributed by atoms with Crippen molar-refractivity contribution in [1.82, 2.24) is 0 Å². The van der Waals surface area contributed by atoms with Crippen LogP contribution in [0, 0.1) is 11.8 Å². The minimum absolute atomic E-state index is 0.0477. The van der Waals surface area contributed by atoms with Gasteiger partial charge in [0, 0.05) is 0 Å². The molecule has 0 radical (unpaired) electrons. The summed E-state index contributed by atoms with van der Waals surface area (Å²) < 4.78 is 10.9. The Balaban J connectivity index is 3.04. The van der Waals surface area contributed by atoms with Crippen LogP contribution < -0.4 is 0 Å². The van der Waals surface area contributed by atoms with Crippen molar-refractivity contribution in [3.8, 4) is 0 Å². The van der Waals surface area contributed by atoms with Gasteiger partial charge in [0.2, 0.25) is 0 Å². The van der Waals surface area contributed by atoms with Gasteiger partial charge in [0.1, 0.15) is 0 Å². The Morgan fingerprint density at radius 3 is 1.88 bits per heavy atom. The maximum absolute atomic E-state index is 12.7. The zero-order valence-electron chi connectivity index (χ0n) is 15.9. The van der Waals surface area contributed by atoms with Crippen LogP contribution in [0.15, 0.2) is 11.1 Å². The van der Waals surface area contributed by atoms with E-state index in [1.807, 2.05) is 13.8 Å². The highest BCUT2D eigenvalue weighted by Crippen LogP contribution is 2.35. The highest BCUT2D eigenvalue weighted by atomic mass is 16.5. The fourth-order valence-electron chi connectivity index (χ4n) is 3.14. The van der Waals surface area contributed by atoms with E-state index in [0.29, 0.717) is 24.4 Å². The Morgan fingerprint density at radius 1 is 0.917 bits per heavy atom. The first-order chi connectivity index (χ1) is 11.5. The molecule has 0 spiro atoms. The van der Waals surface area contributed by atoms with Crippen LogP contribution in [-0.4, -0.2) is 25.2 Å². The zero-order chi connectivity index (χ0) is 17.9. The summed E-state index contributed by atoms with van der Waals surface area (Å²) in [5.41, 5.74) is 1.11. The predicted octanol–water partition coefficient (Wildman–Crippen LogP) is 4.82. The lowest BCUT2D eigenvalue weighted by atomic mass is 9.87. The van der Waals surface area contributed by atoms with Gasteiger partial charge < -0.3 is 9.47 Å². The van der Waals surface area contributed by atoms with E-state index >= 15 is 0 Å². The number of hydrogen-bond donors (Lipinski definition) is 0. The molecule has 0 aromatic heterocycles. The van der Waals surface area contributed by atoms with Crippen LogP contribution in [0.3, 0.4) is 0 Å². The van der Waals surface area contributed by atoms with Crippen LogP contribution in [-0.2, 0) is 19.1 Å². The summed E-state index contributed by atoms with van der Waals surface area (Å²) in [5.74, 6) is -0.567. The Morgan fingerprint density at radius 2 is 1.42 bits per heavy atom. The lowest BCUT2D eigenvalue weighted by molar-refractivity contribution is -0.143. The molecular formula is C20H34O4. The first-order valence-electron chi connectivity index (χ1n) is 9.61. The van der Waals surface area contributed by atoms with Gasteiger partial charge in [0.25, 0.3) is 0 Å². The topological polar surface area (TPSA) is 52.6 Å². The molecule has 0 bridgehead atoms. The van der Waals surface area contributed by atoms with Crippen molar-refractivity contribution in [2.75, 3.05) is 13.2 Å². The summed E-state index contributed by atoms with van der Waals surface area (Å²) in [6, 6.07) is 0. The average molecular weight is 338 g/mol. The van der Waals surface area contributed by atoms with E-state index in [1.54, 1.807) is 0 Å². The molecule has 4 heteroatoms. The summed E-state index contributed by atoms with van der Waals surface area (Å²) in [6.07, 6.45) is 7.76. The van der Waals surface area contributed by atoms with Crippen molar-refractivity contribution >= 4 is 11.9 Å². The maximum Gasteiger partial charge on any atom is 0.334 e. The van der Waals surface area contributed by atoms with Gasteiger partial charge >= 0.3 is 11.9 Å². The predicted molar refractivity (Wildman–Crippen MR) is 95.6 cm³/mol. The average Bonchev–Trinajstić information content (AvgIpc) is 3.06. The molecule has 0 N–H and O–H groups in total. The molecule has 4 nitrogen and oxygen atoms in total. The molecule has 1 fully saturated rings. The van der Waals surface area contributed by atoms with Gasteiger partial charge in [-0.3, -0.25) is 0 Å². The van der Waals surface area contributed by atoms with Crippen LogP contribution in [0.2, 0.25) is 0 Å². The summed E-state index contributed by atoms with van der Waals surface area (Å²) in [7, 11) is 0. The molecule has 0 aromatic rings. The highest BCUT2D eigenvalue weighted by molar-refractivity contribution is 6.01. The summed E-state index contributed by atoms with van der Waals surface area (Å²) >= 11 is 0. The molecule has 1 aliphatic rings. The Kier molecular flexibility index (Phi) is 9.73. The molecule has 0 heterocycles. The number of rotatable bonds is 10. The van der Waals surface area contributed by atoms with Crippen LogP contribution in [0.4, 0.5) is 0 Å². The smallest absolute Gasteiger partial charge is 0.334 e. The SMILES string of the molecule is CCCCOC(=O)/C(=C(\C(=O)OCCCC)C1CCCC1)C(C)C. The van der Waals surface area contributed by atoms with E-state index in [4.69, 9.17) is 9.47 Å². The third-order valence-corrected chi connectivity index (χ3v) is 4.53. The van der Waals surface area contributed by atoms with Crippen molar-refractivity contribution in [2.45, 2.75) is 79.1 Å². The molecule has 0 unspecified atom stereocenters. The third-order valence-electron chi connectivity index (χ3n) is 4.53. The maximum atomic E-state index is 12.7. The van der Waals surface area contributed by atoms with Crippen molar-refractivity contribution in [1.29, 1.82) is 0 Å². The first-order valence-corrected chi connectivity index (χ1v) is 9.61. The van der Waals surface area contributed by atoms with E-state index in [1.165, 1.54) is 0 Å². The monoisotopic (exact) mass is 338 g/mol. The summed E-state index contributed by atoms with van der Waals surface area (Å²) in [5, 5.41) is 0. The van der Waals surface area contributed by atoms with Crippen molar-refractivity contribution < 1.29 is 19.1 Å². The van der Waals surface area contributed by atoms with E-state index in [0.717, 1.165) is 51.4 Å². The number of unbranched alkanes of at least 4 members (excludes halogenated alkanes) is 2. The molecule has 1 saturated carbocycles. The lowest BCUT2D eigenvalue weighted by Crippen LogP contribution is -2.24. The van der Waals surface area contributed by atoms with Crippen molar-refractivity contribution in [3.63, 3.8) is 0 Å². The molecule has 24 heavy (non-hydrogen) atoms. The van der Waals surface area contributed by atoms with Crippen molar-refractivity contribution in [2.24, 2.45) is 11.8 Å². The minimum Gasteiger partial charge on any atom is -0.462 e. The fraction of sp³-hybridized carbons (Fsp3) is 0.800. The summed E-state index contributed by atoms with van der Waals surface area (Å²) in [4.78, 5) is 25.3. The second-order valence-corrected chi connectivity index (χ2v) is 6.94. The van der Waals surface area contributed by atoms with Gasteiger partial charge in [-0.25, -0.2) is 9.59 Å². The molecule has 0 aromatic carbocycles. The number of carbonyl (C=O) groups is 2. The fourth-order valence-corrected chi connectivity index (χ4v) is 3.14. The molecule has 1 rings (SSSR count). The van der Waals surface area contributed by atoms with Crippen molar-refractivity contribution in [3.05, 3.63) is 11.1 Å². The van der Waals surface area contributed by atoms with E-state index in [9.17, 15) is 9.59 Å². The van der Waals surface area contributed by atoms with Gasteiger partial charge in [-0.2, -0.15) is 0 Å². The van der Waals surface area contributed by atoms with Crippen LogP contribution in [0.1, 0.15) is 79.1 Å². The summed E-state index contributed by atoms with van der Waals surface area (Å²) in [6.45, 7) is 8.85. The number of ether oxygens (including phenoxy) is 2. The van der Waals surface area contributed by atoms with E-state index in [-0.39, 0.29) is 23.8 Å². The lowest BCUT2D eigenvalue weighted by Gasteiger charge is -2.21. The molecule has 1 aliphatic carbocycles. The highest BCUT2D eigenvalue weighted by Gasteiger charge is 2.33. The standard InChI is InChI=1S/C20H34O4/c1-5-7-13-23-19(21)17(15(3)4)18(16-11-9-10-12-16)20(22)24-14-8-6-2/h15-16H,5-14H2,1-4H3/b18-17-. The normalized spacial score (nSPS) is 16.2. The molecular weight excluding hydrogens is 304 g/mol. The van der Waals surface area contributed by atoms with Gasteiger partial charge in [-0.1, -0.05) is 53.4 Å². The number of hydrogen-bond acceptors (Lipinski definition) is 4. The Hall–Kier alpha value is -1.32. The van der Waals surface area contributed by atoms with Gasteiger partial charge in [-0.05, 0) is 37.5 Å². The van der Waals surface area contributed by atoms with Crippen LogP contribution in [0.25, 0.3) is 0 Å².